The molecule has 0 atom stereocenters. The standard InChI is InChI=1S/C10H15F3N2O/c11-10(12,13)9(3-4-9)2-1-6-15-7-5-14-8(15)16/h1-7H2,(H,14,16). The van der Waals surface area contributed by atoms with E-state index in [1.165, 1.54) is 0 Å². The van der Waals surface area contributed by atoms with Gasteiger partial charge in [-0.1, -0.05) is 0 Å². The molecule has 92 valence electrons. The van der Waals surface area contributed by atoms with Gasteiger partial charge in [-0.05, 0) is 25.7 Å². The molecule has 2 rings (SSSR count). The topological polar surface area (TPSA) is 32.3 Å². The maximum Gasteiger partial charge on any atom is 0.394 e. The Kier molecular flexibility index (Phi) is 2.75. The predicted molar refractivity (Wildman–Crippen MR) is 51.9 cm³/mol. The van der Waals surface area contributed by atoms with Gasteiger partial charge in [0.15, 0.2) is 0 Å². The van der Waals surface area contributed by atoms with Gasteiger partial charge in [0.05, 0.1) is 5.41 Å². The van der Waals surface area contributed by atoms with E-state index in [-0.39, 0.29) is 25.3 Å². The largest absolute Gasteiger partial charge is 0.394 e. The van der Waals surface area contributed by atoms with E-state index in [1.54, 1.807) is 4.90 Å². The van der Waals surface area contributed by atoms with Gasteiger partial charge in [0.25, 0.3) is 0 Å². The average molecular weight is 236 g/mol. The van der Waals surface area contributed by atoms with Crippen molar-refractivity contribution in [1.29, 1.82) is 0 Å². The van der Waals surface area contributed by atoms with Crippen LogP contribution in [0.5, 0.6) is 0 Å². The van der Waals surface area contributed by atoms with E-state index in [0.717, 1.165) is 0 Å². The highest BCUT2D eigenvalue weighted by molar-refractivity contribution is 5.76. The highest BCUT2D eigenvalue weighted by Gasteiger charge is 2.62. The quantitative estimate of drug-likeness (QED) is 0.796. The molecule has 0 bridgehead atoms. The van der Waals surface area contributed by atoms with Crippen molar-refractivity contribution in [2.75, 3.05) is 19.6 Å². The van der Waals surface area contributed by atoms with Crippen molar-refractivity contribution in [1.82, 2.24) is 10.2 Å². The Morgan fingerprint density at radius 2 is 2.06 bits per heavy atom. The summed E-state index contributed by atoms with van der Waals surface area (Å²) in [6.07, 6.45) is -2.97. The van der Waals surface area contributed by atoms with Gasteiger partial charge in [0.2, 0.25) is 0 Å². The number of hydrogen-bond acceptors (Lipinski definition) is 1. The molecule has 0 aromatic carbocycles. The maximum atomic E-state index is 12.6. The van der Waals surface area contributed by atoms with Gasteiger partial charge >= 0.3 is 12.2 Å². The zero-order valence-corrected chi connectivity index (χ0v) is 8.94. The molecule has 1 saturated carbocycles. The first-order valence-corrected chi connectivity index (χ1v) is 5.54. The van der Waals surface area contributed by atoms with Crippen molar-refractivity contribution < 1.29 is 18.0 Å². The smallest absolute Gasteiger partial charge is 0.336 e. The molecule has 6 heteroatoms. The molecule has 1 N–H and O–H groups in total. The van der Waals surface area contributed by atoms with Crippen LogP contribution in [-0.2, 0) is 0 Å². The third-order valence-electron chi connectivity index (χ3n) is 3.48. The molecule has 1 aliphatic carbocycles. The summed E-state index contributed by atoms with van der Waals surface area (Å²) in [6.45, 7) is 1.64. The molecule has 2 aliphatic rings. The van der Waals surface area contributed by atoms with Gasteiger partial charge in [-0.25, -0.2) is 4.79 Å². The lowest BCUT2D eigenvalue weighted by Crippen LogP contribution is -2.31. The minimum Gasteiger partial charge on any atom is -0.336 e. The second-order valence-corrected chi connectivity index (χ2v) is 4.60. The number of hydrogen-bond donors (Lipinski definition) is 1. The first-order chi connectivity index (χ1) is 7.45. The van der Waals surface area contributed by atoms with Gasteiger partial charge in [0.1, 0.15) is 0 Å². The first-order valence-electron chi connectivity index (χ1n) is 5.54. The van der Waals surface area contributed by atoms with E-state index in [4.69, 9.17) is 0 Å². The summed E-state index contributed by atoms with van der Waals surface area (Å²) >= 11 is 0. The van der Waals surface area contributed by atoms with Gasteiger partial charge in [-0.15, -0.1) is 0 Å². The van der Waals surface area contributed by atoms with Crippen LogP contribution in [0.15, 0.2) is 0 Å². The van der Waals surface area contributed by atoms with Gasteiger partial charge in [-0.3, -0.25) is 0 Å². The molecule has 0 spiro atoms. The highest BCUT2D eigenvalue weighted by Crippen LogP contribution is 2.60. The Morgan fingerprint density at radius 1 is 1.38 bits per heavy atom. The second kappa shape index (κ2) is 3.82. The number of carbonyl (C=O) groups is 1. The lowest BCUT2D eigenvalue weighted by atomic mass is 9.99. The molecule has 2 fully saturated rings. The number of nitrogens with one attached hydrogen (secondary N) is 1. The Hall–Kier alpha value is -0.940. The van der Waals surface area contributed by atoms with Crippen molar-refractivity contribution in [3.8, 4) is 0 Å². The molecule has 16 heavy (non-hydrogen) atoms. The summed E-state index contributed by atoms with van der Waals surface area (Å²) in [4.78, 5) is 12.7. The first kappa shape index (κ1) is 11.5. The summed E-state index contributed by atoms with van der Waals surface area (Å²) in [5.41, 5.74) is -1.43. The number of nitrogens with zero attached hydrogens (tertiary/aromatic N) is 1. The fourth-order valence-corrected chi connectivity index (χ4v) is 2.16. The van der Waals surface area contributed by atoms with Gasteiger partial charge in [-0.2, -0.15) is 13.2 Å². The minimum atomic E-state index is -4.07. The van der Waals surface area contributed by atoms with Crippen LogP contribution in [0.4, 0.5) is 18.0 Å². The van der Waals surface area contributed by atoms with E-state index in [0.29, 0.717) is 26.1 Å². The molecule has 0 radical (unpaired) electrons. The Balaban J connectivity index is 1.74. The normalized spacial score (nSPS) is 23.4. The molecule has 1 aliphatic heterocycles. The Bertz CT molecular complexity index is 286. The summed E-state index contributed by atoms with van der Waals surface area (Å²) in [6, 6.07) is -0.156. The van der Waals surface area contributed by atoms with Crippen molar-refractivity contribution >= 4 is 6.03 Å². The molecule has 1 saturated heterocycles. The molecule has 1 heterocycles. The summed E-state index contributed by atoms with van der Waals surface area (Å²) in [5.74, 6) is 0. The molecule has 0 aromatic rings. The predicted octanol–water partition coefficient (Wildman–Crippen LogP) is 2.13. The Labute approximate surface area is 92.0 Å². The molecule has 2 amide bonds. The average Bonchev–Trinajstić information content (AvgIpc) is 2.87. The zero-order chi connectivity index (χ0) is 11.8. The van der Waals surface area contributed by atoms with Crippen LogP contribution < -0.4 is 5.32 Å². The highest BCUT2D eigenvalue weighted by atomic mass is 19.4. The lowest BCUT2D eigenvalue weighted by Gasteiger charge is -2.20. The fourth-order valence-electron chi connectivity index (χ4n) is 2.16. The minimum absolute atomic E-state index is 0.153. The monoisotopic (exact) mass is 236 g/mol. The summed E-state index contributed by atoms with van der Waals surface area (Å²) in [5, 5.41) is 2.63. The third kappa shape index (κ3) is 2.10. The zero-order valence-electron chi connectivity index (χ0n) is 8.94. The van der Waals surface area contributed by atoms with Crippen molar-refractivity contribution in [2.45, 2.75) is 31.9 Å². The van der Waals surface area contributed by atoms with E-state index >= 15 is 0 Å². The third-order valence-corrected chi connectivity index (χ3v) is 3.48. The summed E-state index contributed by atoms with van der Waals surface area (Å²) < 4.78 is 37.7. The van der Waals surface area contributed by atoms with E-state index in [2.05, 4.69) is 5.32 Å². The second-order valence-electron chi connectivity index (χ2n) is 4.60. The molecule has 3 nitrogen and oxygen atoms in total. The van der Waals surface area contributed by atoms with Crippen LogP contribution in [0.25, 0.3) is 0 Å². The molecular weight excluding hydrogens is 221 g/mol. The van der Waals surface area contributed by atoms with Crippen LogP contribution in [0, 0.1) is 5.41 Å². The number of alkyl halides is 3. The van der Waals surface area contributed by atoms with E-state index < -0.39 is 11.6 Å². The van der Waals surface area contributed by atoms with Crippen molar-refractivity contribution in [3.05, 3.63) is 0 Å². The maximum absolute atomic E-state index is 12.6. The number of carbonyl (C=O) groups excluding carboxylic acids is 1. The fraction of sp³-hybridized carbons (Fsp3) is 0.900. The molecular formula is C10H15F3N2O. The van der Waals surface area contributed by atoms with E-state index in [9.17, 15) is 18.0 Å². The number of amides is 2. The SMILES string of the molecule is O=C1NCCN1CCCC1(C(F)(F)F)CC1. The number of rotatable bonds is 4. The van der Waals surface area contributed by atoms with Gasteiger partial charge in [0, 0.05) is 19.6 Å². The lowest BCUT2D eigenvalue weighted by molar-refractivity contribution is -0.189. The van der Waals surface area contributed by atoms with Crippen molar-refractivity contribution in [3.63, 3.8) is 0 Å². The van der Waals surface area contributed by atoms with E-state index in [1.807, 2.05) is 0 Å². The van der Waals surface area contributed by atoms with Crippen LogP contribution >= 0.6 is 0 Å². The Morgan fingerprint density at radius 3 is 2.50 bits per heavy atom. The van der Waals surface area contributed by atoms with Crippen LogP contribution in [-0.4, -0.2) is 36.7 Å². The summed E-state index contributed by atoms with van der Waals surface area (Å²) in [7, 11) is 0. The van der Waals surface area contributed by atoms with Crippen molar-refractivity contribution in [2.24, 2.45) is 5.41 Å². The van der Waals surface area contributed by atoms with Crippen LogP contribution in [0.3, 0.4) is 0 Å². The van der Waals surface area contributed by atoms with Crippen LogP contribution in [0.1, 0.15) is 25.7 Å². The number of urea groups is 1. The molecule has 0 unspecified atom stereocenters. The van der Waals surface area contributed by atoms with Gasteiger partial charge < -0.3 is 10.2 Å². The molecule has 0 aromatic heterocycles. The van der Waals surface area contributed by atoms with Crippen LogP contribution in [0.2, 0.25) is 0 Å². The number of halogens is 3.